The Balaban J connectivity index is 2.05. The predicted molar refractivity (Wildman–Crippen MR) is 130 cm³/mol. The lowest BCUT2D eigenvalue weighted by molar-refractivity contribution is 0.473. The van der Waals surface area contributed by atoms with Crippen LogP contribution in [0, 0.1) is 0 Å². The van der Waals surface area contributed by atoms with Gasteiger partial charge in [-0.1, -0.05) is 42.5 Å². The zero-order valence-electron chi connectivity index (χ0n) is 16.9. The highest BCUT2D eigenvalue weighted by atomic mass is 32.1. The maximum absolute atomic E-state index is 9.74. The predicted octanol–water partition coefficient (Wildman–Crippen LogP) is 6.27. The number of allylic oxidation sites excluding steroid dienone is 1. The summed E-state index contributed by atoms with van der Waals surface area (Å²) in [5, 5.41) is 29.0. The number of rotatable bonds is 6. The minimum Gasteiger partial charge on any atom is -0.508 e. The van der Waals surface area contributed by atoms with Gasteiger partial charge in [-0.3, -0.25) is 0 Å². The molecule has 30 heavy (non-hydrogen) atoms. The molecule has 3 N–H and O–H groups in total. The first-order valence-corrected chi connectivity index (χ1v) is 10.5. The third kappa shape index (κ3) is 5.15. The minimum atomic E-state index is -0.690. The first-order chi connectivity index (χ1) is 14.1. The third-order valence-electron chi connectivity index (χ3n) is 5.25. The Hall–Kier alpha value is -2.50. The molecule has 0 bridgehead atoms. The molecular formula is C25H26O3S2. The minimum absolute atomic E-state index is 0.195. The van der Waals surface area contributed by atoms with E-state index in [1.165, 1.54) is 0 Å². The fourth-order valence-electron chi connectivity index (χ4n) is 3.60. The number of aromatic hydroxyl groups is 3. The van der Waals surface area contributed by atoms with Crippen LogP contribution in [0.4, 0.5) is 0 Å². The second kappa shape index (κ2) is 8.70. The van der Waals surface area contributed by atoms with Crippen LogP contribution in [0.5, 0.6) is 17.2 Å². The molecule has 0 aliphatic rings. The Labute approximate surface area is 188 Å². The van der Waals surface area contributed by atoms with Crippen molar-refractivity contribution in [3.63, 3.8) is 0 Å². The molecule has 2 atom stereocenters. The van der Waals surface area contributed by atoms with Crippen molar-refractivity contribution in [1.82, 2.24) is 0 Å². The summed E-state index contributed by atoms with van der Waals surface area (Å²) in [7, 11) is 0. The molecule has 0 radical (unpaired) electrons. The van der Waals surface area contributed by atoms with Crippen LogP contribution in [0.3, 0.4) is 0 Å². The molecular weight excluding hydrogens is 412 g/mol. The van der Waals surface area contributed by atoms with Gasteiger partial charge < -0.3 is 15.3 Å². The third-order valence-corrected chi connectivity index (χ3v) is 6.21. The molecule has 0 fully saturated rings. The van der Waals surface area contributed by atoms with Crippen molar-refractivity contribution in [2.45, 2.75) is 29.8 Å². The molecule has 0 amide bonds. The highest BCUT2D eigenvalue weighted by molar-refractivity contribution is 7.82. The van der Waals surface area contributed by atoms with E-state index in [0.717, 1.165) is 22.3 Å². The first-order valence-electron chi connectivity index (χ1n) is 9.62. The van der Waals surface area contributed by atoms with Crippen LogP contribution in [0.15, 0.2) is 78.9 Å². The van der Waals surface area contributed by atoms with Crippen LogP contribution < -0.4 is 0 Å². The Morgan fingerprint density at radius 2 is 1.13 bits per heavy atom. The Morgan fingerprint density at radius 3 is 1.60 bits per heavy atom. The van der Waals surface area contributed by atoms with Crippen molar-refractivity contribution < 1.29 is 15.3 Å². The fraction of sp³-hybridized carbons (Fsp3) is 0.200. The second-order valence-corrected chi connectivity index (χ2v) is 9.63. The van der Waals surface area contributed by atoms with Crippen molar-refractivity contribution in [3.8, 4) is 17.2 Å². The maximum Gasteiger partial charge on any atom is 0.115 e. The largest absolute Gasteiger partial charge is 0.508 e. The molecule has 0 heterocycles. The molecule has 0 spiro atoms. The van der Waals surface area contributed by atoms with Crippen molar-refractivity contribution in [2.75, 3.05) is 0 Å². The maximum atomic E-state index is 9.74. The van der Waals surface area contributed by atoms with Crippen LogP contribution >= 0.6 is 25.3 Å². The molecule has 2 unspecified atom stereocenters. The van der Waals surface area contributed by atoms with E-state index in [4.69, 9.17) is 25.3 Å². The standard InChI is InChI=1S/C25H26O3S2/c1-17(18-3-9-21(26)10-4-18)15-25(30,20-7-13-23(28)14-8-20)16-24(2,29)19-5-11-22(27)12-6-19/h3-15,26-30H,16H2,1-2H3. The Kier molecular flexibility index (Phi) is 6.44. The van der Waals surface area contributed by atoms with Crippen molar-refractivity contribution in [3.05, 3.63) is 95.6 Å². The quantitative estimate of drug-likeness (QED) is 0.295. The van der Waals surface area contributed by atoms with Crippen LogP contribution in [-0.4, -0.2) is 15.3 Å². The summed E-state index contributed by atoms with van der Waals surface area (Å²) in [6.07, 6.45) is 2.64. The number of phenolic OH excluding ortho intramolecular Hbond substituents is 3. The van der Waals surface area contributed by atoms with Gasteiger partial charge in [0.05, 0.1) is 4.75 Å². The van der Waals surface area contributed by atoms with Crippen molar-refractivity contribution >= 4 is 30.8 Å². The summed E-state index contributed by atoms with van der Waals surface area (Å²) in [5.74, 6) is 0.625. The summed E-state index contributed by atoms with van der Waals surface area (Å²) < 4.78 is -1.23. The van der Waals surface area contributed by atoms with E-state index < -0.39 is 9.49 Å². The number of thiol groups is 2. The summed E-state index contributed by atoms with van der Waals surface area (Å²) in [6.45, 7) is 4.03. The highest BCUT2D eigenvalue weighted by Crippen LogP contribution is 2.46. The Morgan fingerprint density at radius 1 is 0.733 bits per heavy atom. The summed E-state index contributed by atoms with van der Waals surface area (Å²) >= 11 is 10.1. The molecule has 0 aliphatic carbocycles. The van der Waals surface area contributed by atoms with E-state index in [2.05, 4.69) is 6.08 Å². The topological polar surface area (TPSA) is 60.7 Å². The van der Waals surface area contributed by atoms with Crippen molar-refractivity contribution in [1.29, 1.82) is 0 Å². The first kappa shape index (κ1) is 22.2. The lowest BCUT2D eigenvalue weighted by Gasteiger charge is -2.36. The number of hydrogen-bond acceptors (Lipinski definition) is 5. The smallest absolute Gasteiger partial charge is 0.115 e. The van der Waals surface area contributed by atoms with Crippen LogP contribution in [0.25, 0.3) is 5.57 Å². The number of benzene rings is 3. The molecule has 5 heteroatoms. The van der Waals surface area contributed by atoms with Gasteiger partial charge in [0.15, 0.2) is 0 Å². The van der Waals surface area contributed by atoms with Gasteiger partial charge in [0.1, 0.15) is 17.2 Å². The van der Waals surface area contributed by atoms with E-state index in [9.17, 15) is 15.3 Å². The highest BCUT2D eigenvalue weighted by Gasteiger charge is 2.35. The molecule has 0 saturated heterocycles. The molecule has 3 aromatic rings. The van der Waals surface area contributed by atoms with Crippen LogP contribution in [0.1, 0.15) is 37.0 Å². The molecule has 0 saturated carbocycles. The summed E-state index contributed by atoms with van der Waals surface area (Å²) in [5.41, 5.74) is 3.89. The normalized spacial score (nSPS) is 15.9. The van der Waals surface area contributed by atoms with E-state index in [-0.39, 0.29) is 17.2 Å². The van der Waals surface area contributed by atoms with Gasteiger partial charge in [-0.25, -0.2) is 0 Å². The lowest BCUT2D eigenvalue weighted by atomic mass is 9.82. The summed E-state index contributed by atoms with van der Waals surface area (Å²) in [4.78, 5) is 0. The van der Waals surface area contributed by atoms with E-state index in [0.29, 0.717) is 6.42 Å². The van der Waals surface area contributed by atoms with Gasteiger partial charge in [0.25, 0.3) is 0 Å². The van der Waals surface area contributed by atoms with E-state index in [1.54, 1.807) is 36.4 Å². The van der Waals surface area contributed by atoms with Gasteiger partial charge in [0, 0.05) is 4.75 Å². The zero-order valence-corrected chi connectivity index (χ0v) is 18.7. The van der Waals surface area contributed by atoms with Gasteiger partial charge in [-0.15, -0.1) is 0 Å². The van der Waals surface area contributed by atoms with Gasteiger partial charge in [-0.05, 0) is 78.9 Å². The average molecular weight is 439 g/mol. The number of hydrogen-bond donors (Lipinski definition) is 5. The second-order valence-electron chi connectivity index (χ2n) is 7.84. The fourth-order valence-corrected chi connectivity index (χ4v) is 4.78. The molecule has 3 rings (SSSR count). The van der Waals surface area contributed by atoms with Crippen molar-refractivity contribution in [2.24, 2.45) is 0 Å². The lowest BCUT2D eigenvalue weighted by Crippen LogP contribution is -2.27. The Bertz CT molecular complexity index is 1020. The molecule has 3 aromatic carbocycles. The summed E-state index contributed by atoms with van der Waals surface area (Å²) in [6, 6.07) is 21.1. The molecule has 0 aromatic heterocycles. The van der Waals surface area contributed by atoms with E-state index in [1.807, 2.05) is 50.2 Å². The SMILES string of the molecule is CC(=CC(S)(CC(C)(S)c1ccc(O)cc1)c1ccc(O)cc1)c1ccc(O)cc1. The van der Waals surface area contributed by atoms with Crippen LogP contribution in [0.2, 0.25) is 0 Å². The molecule has 3 nitrogen and oxygen atoms in total. The molecule has 0 aliphatic heterocycles. The van der Waals surface area contributed by atoms with E-state index >= 15 is 0 Å². The van der Waals surface area contributed by atoms with Gasteiger partial charge in [-0.2, -0.15) is 25.3 Å². The number of phenols is 3. The van der Waals surface area contributed by atoms with Crippen LogP contribution in [-0.2, 0) is 9.49 Å². The molecule has 156 valence electrons. The average Bonchev–Trinajstić information content (AvgIpc) is 2.68. The van der Waals surface area contributed by atoms with Gasteiger partial charge in [0.2, 0.25) is 0 Å². The van der Waals surface area contributed by atoms with Gasteiger partial charge >= 0.3 is 0 Å². The zero-order chi connectivity index (χ0) is 21.9. The monoisotopic (exact) mass is 438 g/mol.